The fraction of sp³-hybridized carbons (Fsp3) is 0.909. The molecule has 3 nitrogen and oxygen atoms in total. The lowest BCUT2D eigenvalue weighted by molar-refractivity contribution is -0.124. The van der Waals surface area contributed by atoms with E-state index in [1.165, 1.54) is 38.5 Å². The number of halogens is 1. The minimum Gasteiger partial charge on any atom is -0.352 e. The zero-order valence-electron chi connectivity index (χ0n) is 9.13. The molecule has 2 aliphatic rings. The van der Waals surface area contributed by atoms with Crippen LogP contribution in [0.4, 0.5) is 0 Å². The van der Waals surface area contributed by atoms with Gasteiger partial charge in [-0.1, -0.05) is 19.3 Å². The number of rotatable bonds is 2. The van der Waals surface area contributed by atoms with Crippen LogP contribution in [0.1, 0.15) is 44.9 Å². The molecule has 4 heteroatoms. The molecule has 1 aliphatic heterocycles. The minimum atomic E-state index is 0. The summed E-state index contributed by atoms with van der Waals surface area (Å²) in [6.07, 6.45) is 8.34. The maximum absolute atomic E-state index is 11.8. The summed E-state index contributed by atoms with van der Waals surface area (Å²) in [4.78, 5) is 11.8. The topological polar surface area (TPSA) is 41.1 Å². The van der Waals surface area contributed by atoms with Gasteiger partial charge in [0, 0.05) is 6.04 Å². The second kappa shape index (κ2) is 6.33. The lowest BCUT2D eigenvalue weighted by Crippen LogP contribution is -2.49. The predicted octanol–water partition coefficient (Wildman–Crippen LogP) is 1.61. The monoisotopic (exact) mass is 232 g/mol. The zero-order valence-corrected chi connectivity index (χ0v) is 9.94. The van der Waals surface area contributed by atoms with Crippen LogP contribution in [0.5, 0.6) is 0 Å². The molecule has 1 aliphatic carbocycles. The van der Waals surface area contributed by atoms with Gasteiger partial charge < -0.3 is 10.6 Å². The first-order valence-corrected chi connectivity index (χ1v) is 5.90. The van der Waals surface area contributed by atoms with Gasteiger partial charge in [0.15, 0.2) is 0 Å². The molecule has 1 saturated carbocycles. The molecule has 2 fully saturated rings. The van der Waals surface area contributed by atoms with Gasteiger partial charge in [-0.05, 0) is 32.2 Å². The number of carbonyl (C=O) groups is 1. The van der Waals surface area contributed by atoms with Crippen LogP contribution in [0.25, 0.3) is 0 Å². The third kappa shape index (κ3) is 3.65. The standard InChI is InChI=1S/C11H20N2O.ClH/c14-11(10-7-3-4-8-12-10)13-9-5-1-2-6-9;/h9-10,12H,1-8H2,(H,13,14);1H. The Morgan fingerprint density at radius 2 is 1.73 bits per heavy atom. The number of carbonyl (C=O) groups excluding carboxylic acids is 1. The van der Waals surface area contributed by atoms with E-state index in [0.29, 0.717) is 6.04 Å². The van der Waals surface area contributed by atoms with Gasteiger partial charge in [0.25, 0.3) is 0 Å². The highest BCUT2D eigenvalue weighted by atomic mass is 35.5. The van der Waals surface area contributed by atoms with Crippen molar-refractivity contribution >= 4 is 18.3 Å². The average molecular weight is 233 g/mol. The predicted molar refractivity (Wildman–Crippen MR) is 63.3 cm³/mol. The summed E-state index contributed by atoms with van der Waals surface area (Å²) in [6, 6.07) is 0.551. The molecular formula is C11H21ClN2O. The van der Waals surface area contributed by atoms with E-state index in [2.05, 4.69) is 10.6 Å². The Hall–Kier alpha value is -0.280. The molecule has 1 unspecified atom stereocenters. The van der Waals surface area contributed by atoms with Crippen LogP contribution in [-0.4, -0.2) is 24.5 Å². The molecule has 0 radical (unpaired) electrons. The Bertz CT molecular complexity index is 199. The number of amides is 1. The van der Waals surface area contributed by atoms with E-state index in [0.717, 1.165) is 13.0 Å². The third-order valence-corrected chi connectivity index (χ3v) is 3.33. The lowest BCUT2D eigenvalue weighted by Gasteiger charge is -2.24. The van der Waals surface area contributed by atoms with Gasteiger partial charge in [0.05, 0.1) is 6.04 Å². The highest BCUT2D eigenvalue weighted by molar-refractivity contribution is 5.85. The van der Waals surface area contributed by atoms with Gasteiger partial charge >= 0.3 is 0 Å². The Balaban J connectivity index is 0.00000112. The highest BCUT2D eigenvalue weighted by Gasteiger charge is 2.24. The first-order valence-electron chi connectivity index (χ1n) is 5.90. The van der Waals surface area contributed by atoms with Gasteiger partial charge in [0.1, 0.15) is 0 Å². The van der Waals surface area contributed by atoms with E-state index in [1.807, 2.05) is 0 Å². The first kappa shape index (κ1) is 12.8. The van der Waals surface area contributed by atoms with Crippen molar-refractivity contribution in [3.8, 4) is 0 Å². The Kier molecular flexibility index (Phi) is 5.40. The van der Waals surface area contributed by atoms with Gasteiger partial charge in [-0.25, -0.2) is 0 Å². The molecule has 0 aromatic rings. The zero-order chi connectivity index (χ0) is 9.80. The second-order valence-corrected chi connectivity index (χ2v) is 4.49. The van der Waals surface area contributed by atoms with Crippen molar-refractivity contribution in [1.82, 2.24) is 10.6 Å². The first-order chi connectivity index (χ1) is 6.86. The van der Waals surface area contributed by atoms with E-state index < -0.39 is 0 Å². The van der Waals surface area contributed by atoms with Crippen LogP contribution in [-0.2, 0) is 4.79 Å². The van der Waals surface area contributed by atoms with E-state index in [9.17, 15) is 4.79 Å². The van der Waals surface area contributed by atoms with E-state index in [4.69, 9.17) is 0 Å². The largest absolute Gasteiger partial charge is 0.352 e. The number of nitrogens with one attached hydrogen (secondary N) is 2. The van der Waals surface area contributed by atoms with E-state index in [1.54, 1.807) is 0 Å². The second-order valence-electron chi connectivity index (χ2n) is 4.49. The van der Waals surface area contributed by atoms with Crippen molar-refractivity contribution in [2.24, 2.45) is 0 Å². The molecule has 2 rings (SSSR count). The number of piperidine rings is 1. The molecule has 0 bridgehead atoms. The molecule has 1 atom stereocenters. The van der Waals surface area contributed by atoms with Crippen molar-refractivity contribution in [3.63, 3.8) is 0 Å². The van der Waals surface area contributed by atoms with Crippen LogP contribution < -0.4 is 10.6 Å². The third-order valence-electron chi connectivity index (χ3n) is 3.33. The summed E-state index contributed by atoms with van der Waals surface area (Å²) in [6.45, 7) is 1.00. The van der Waals surface area contributed by atoms with Gasteiger partial charge in [0.2, 0.25) is 5.91 Å². The fourth-order valence-corrected chi connectivity index (χ4v) is 2.45. The smallest absolute Gasteiger partial charge is 0.237 e. The van der Waals surface area contributed by atoms with Gasteiger partial charge in [-0.2, -0.15) is 0 Å². The molecule has 0 aromatic heterocycles. The minimum absolute atomic E-state index is 0. The van der Waals surface area contributed by atoms with Crippen LogP contribution in [0.3, 0.4) is 0 Å². The lowest BCUT2D eigenvalue weighted by atomic mass is 10.0. The molecule has 0 aromatic carbocycles. The Labute approximate surface area is 97.8 Å². The van der Waals surface area contributed by atoms with Crippen LogP contribution in [0.2, 0.25) is 0 Å². The maximum atomic E-state index is 11.8. The fourth-order valence-electron chi connectivity index (χ4n) is 2.45. The molecule has 0 spiro atoms. The summed E-state index contributed by atoms with van der Waals surface area (Å²) in [5, 5.41) is 6.43. The Morgan fingerprint density at radius 1 is 1.07 bits per heavy atom. The van der Waals surface area contributed by atoms with Crippen molar-refractivity contribution in [3.05, 3.63) is 0 Å². The molecular weight excluding hydrogens is 212 g/mol. The molecule has 15 heavy (non-hydrogen) atoms. The number of hydrogen-bond acceptors (Lipinski definition) is 2. The van der Waals surface area contributed by atoms with Crippen molar-refractivity contribution < 1.29 is 4.79 Å². The molecule has 1 saturated heterocycles. The summed E-state index contributed by atoms with van der Waals surface area (Å²) >= 11 is 0. The summed E-state index contributed by atoms with van der Waals surface area (Å²) in [7, 11) is 0. The highest BCUT2D eigenvalue weighted by Crippen LogP contribution is 2.18. The van der Waals surface area contributed by atoms with Crippen molar-refractivity contribution in [2.75, 3.05) is 6.54 Å². The van der Waals surface area contributed by atoms with Crippen LogP contribution in [0, 0.1) is 0 Å². The molecule has 1 amide bonds. The molecule has 2 N–H and O–H groups in total. The maximum Gasteiger partial charge on any atom is 0.237 e. The van der Waals surface area contributed by atoms with Crippen LogP contribution in [0.15, 0.2) is 0 Å². The summed E-state index contributed by atoms with van der Waals surface area (Å²) in [5.41, 5.74) is 0. The SMILES string of the molecule is Cl.O=C(NC1CCCC1)C1CCCCN1. The summed E-state index contributed by atoms with van der Waals surface area (Å²) < 4.78 is 0. The van der Waals surface area contributed by atoms with Crippen molar-refractivity contribution in [1.29, 1.82) is 0 Å². The van der Waals surface area contributed by atoms with E-state index >= 15 is 0 Å². The molecule has 1 heterocycles. The van der Waals surface area contributed by atoms with Crippen LogP contribution >= 0.6 is 12.4 Å². The van der Waals surface area contributed by atoms with E-state index in [-0.39, 0.29) is 24.4 Å². The van der Waals surface area contributed by atoms with Gasteiger partial charge in [-0.3, -0.25) is 4.79 Å². The summed E-state index contributed by atoms with van der Waals surface area (Å²) in [5.74, 6) is 0.233. The van der Waals surface area contributed by atoms with Crippen molar-refractivity contribution in [2.45, 2.75) is 57.0 Å². The number of hydrogen-bond donors (Lipinski definition) is 2. The molecule has 88 valence electrons. The van der Waals surface area contributed by atoms with Gasteiger partial charge in [-0.15, -0.1) is 12.4 Å². The average Bonchev–Trinajstić information content (AvgIpc) is 2.72. The normalized spacial score (nSPS) is 27.1. The Morgan fingerprint density at radius 3 is 2.33 bits per heavy atom. The quantitative estimate of drug-likeness (QED) is 0.760.